The molecule has 1 N–H and O–H groups in total. The first-order valence-corrected chi connectivity index (χ1v) is 6.91. The second kappa shape index (κ2) is 6.07. The van der Waals surface area contributed by atoms with Crippen LogP contribution in [0.4, 0.5) is 5.69 Å². The number of anilines is 1. The lowest BCUT2D eigenvalue weighted by atomic mass is 10.1. The minimum Gasteiger partial charge on any atom is -0.322 e. The summed E-state index contributed by atoms with van der Waals surface area (Å²) in [6.45, 7) is 0. The Balaban J connectivity index is 2.09. The van der Waals surface area contributed by atoms with Crippen LogP contribution in [-0.4, -0.2) is 12.2 Å². The lowest BCUT2D eigenvalue weighted by Crippen LogP contribution is -2.11. The van der Waals surface area contributed by atoms with E-state index in [1.807, 2.05) is 36.6 Å². The monoisotopic (exact) mass is 268 g/mol. The van der Waals surface area contributed by atoms with E-state index in [0.717, 1.165) is 10.6 Å². The quantitative estimate of drug-likeness (QED) is 0.866. The van der Waals surface area contributed by atoms with Crippen molar-refractivity contribution in [1.29, 1.82) is 5.26 Å². The molecule has 0 atom stereocenters. The molecule has 2 rings (SSSR count). The fraction of sp³-hybridized carbons (Fsp3) is 0.0667. The molecule has 0 saturated carbocycles. The molecule has 0 aliphatic carbocycles. The zero-order chi connectivity index (χ0) is 13.7. The van der Waals surface area contributed by atoms with E-state index in [4.69, 9.17) is 5.26 Å². The van der Waals surface area contributed by atoms with Crippen molar-refractivity contribution >= 4 is 23.4 Å². The van der Waals surface area contributed by atoms with Crippen molar-refractivity contribution in [3.63, 3.8) is 0 Å². The standard InChI is InChI=1S/C15H12N2OS/c1-19-14-8-6-13(7-9-14)17-15(18)12-4-2-11(10-16)3-5-12/h2-9H,1H3,(H,17,18). The molecule has 4 heteroatoms. The molecular weight excluding hydrogens is 256 g/mol. The molecule has 0 heterocycles. The number of nitrogens with one attached hydrogen (secondary N) is 1. The van der Waals surface area contributed by atoms with Crippen molar-refractivity contribution in [2.24, 2.45) is 0 Å². The molecule has 0 spiro atoms. The van der Waals surface area contributed by atoms with Gasteiger partial charge in [0.2, 0.25) is 0 Å². The molecule has 0 saturated heterocycles. The van der Waals surface area contributed by atoms with Crippen LogP contribution in [0.5, 0.6) is 0 Å². The Bertz CT molecular complexity index is 612. The molecule has 2 aromatic rings. The molecule has 0 radical (unpaired) electrons. The van der Waals surface area contributed by atoms with Gasteiger partial charge >= 0.3 is 0 Å². The third-order valence-electron chi connectivity index (χ3n) is 2.62. The SMILES string of the molecule is CSc1ccc(NC(=O)c2ccc(C#N)cc2)cc1. The fourth-order valence-electron chi connectivity index (χ4n) is 1.57. The van der Waals surface area contributed by atoms with Crippen LogP contribution in [0.15, 0.2) is 53.4 Å². The summed E-state index contributed by atoms with van der Waals surface area (Å²) in [4.78, 5) is 13.1. The molecule has 3 nitrogen and oxygen atoms in total. The highest BCUT2D eigenvalue weighted by Gasteiger charge is 2.05. The first-order chi connectivity index (χ1) is 9.22. The zero-order valence-electron chi connectivity index (χ0n) is 10.4. The largest absolute Gasteiger partial charge is 0.322 e. The van der Waals surface area contributed by atoms with Gasteiger partial charge < -0.3 is 5.32 Å². The molecule has 1 amide bonds. The molecule has 0 aliphatic heterocycles. The van der Waals surface area contributed by atoms with Crippen LogP contribution in [0.25, 0.3) is 0 Å². The van der Waals surface area contributed by atoms with Crippen LogP contribution in [0.2, 0.25) is 0 Å². The highest BCUT2D eigenvalue weighted by atomic mass is 32.2. The number of rotatable bonds is 3. The van der Waals surface area contributed by atoms with Gasteiger partial charge in [-0.05, 0) is 54.8 Å². The molecular formula is C15H12N2OS. The number of thioether (sulfide) groups is 1. The van der Waals surface area contributed by atoms with Crippen LogP contribution in [0.3, 0.4) is 0 Å². The Hall–Kier alpha value is -2.25. The van der Waals surface area contributed by atoms with Gasteiger partial charge in [-0.15, -0.1) is 11.8 Å². The first-order valence-electron chi connectivity index (χ1n) is 5.68. The molecule has 0 aromatic heterocycles. The third-order valence-corrected chi connectivity index (χ3v) is 3.37. The minimum atomic E-state index is -0.179. The highest BCUT2D eigenvalue weighted by Crippen LogP contribution is 2.18. The Kier molecular flexibility index (Phi) is 4.22. The van der Waals surface area contributed by atoms with Crippen molar-refractivity contribution in [3.05, 3.63) is 59.7 Å². The van der Waals surface area contributed by atoms with Gasteiger partial charge in [-0.2, -0.15) is 5.26 Å². The van der Waals surface area contributed by atoms with Crippen molar-refractivity contribution < 1.29 is 4.79 Å². The Morgan fingerprint density at radius 1 is 1.11 bits per heavy atom. The lowest BCUT2D eigenvalue weighted by Gasteiger charge is -2.06. The number of nitriles is 1. The number of nitrogens with zero attached hydrogens (tertiary/aromatic N) is 1. The van der Waals surface area contributed by atoms with E-state index < -0.39 is 0 Å². The summed E-state index contributed by atoms with van der Waals surface area (Å²) in [5.41, 5.74) is 1.83. The number of carbonyl (C=O) groups is 1. The van der Waals surface area contributed by atoms with Crippen molar-refractivity contribution in [2.45, 2.75) is 4.90 Å². The average Bonchev–Trinajstić information content (AvgIpc) is 2.48. The van der Waals surface area contributed by atoms with Crippen LogP contribution in [0.1, 0.15) is 15.9 Å². The summed E-state index contributed by atoms with van der Waals surface area (Å²) in [5.74, 6) is -0.179. The molecule has 94 valence electrons. The van der Waals surface area contributed by atoms with E-state index in [2.05, 4.69) is 5.32 Å². The maximum absolute atomic E-state index is 12.0. The zero-order valence-corrected chi connectivity index (χ0v) is 11.2. The van der Waals surface area contributed by atoms with E-state index in [9.17, 15) is 4.79 Å². The van der Waals surface area contributed by atoms with Crippen LogP contribution >= 0.6 is 11.8 Å². The maximum Gasteiger partial charge on any atom is 0.255 e. The normalized spacial score (nSPS) is 9.68. The second-order valence-corrected chi connectivity index (χ2v) is 4.75. The number of hydrogen-bond acceptors (Lipinski definition) is 3. The number of benzene rings is 2. The van der Waals surface area contributed by atoms with E-state index >= 15 is 0 Å². The van der Waals surface area contributed by atoms with E-state index in [1.54, 1.807) is 36.0 Å². The predicted octanol–water partition coefficient (Wildman–Crippen LogP) is 3.53. The number of carbonyl (C=O) groups excluding carboxylic acids is 1. The highest BCUT2D eigenvalue weighted by molar-refractivity contribution is 7.98. The summed E-state index contributed by atoms with van der Waals surface area (Å²) in [7, 11) is 0. The maximum atomic E-state index is 12.0. The molecule has 2 aromatic carbocycles. The molecule has 0 fully saturated rings. The summed E-state index contributed by atoms with van der Waals surface area (Å²) < 4.78 is 0. The molecule has 0 bridgehead atoms. The van der Waals surface area contributed by atoms with Gasteiger partial charge in [0.05, 0.1) is 11.6 Å². The number of hydrogen-bond donors (Lipinski definition) is 1. The van der Waals surface area contributed by atoms with Gasteiger partial charge in [0, 0.05) is 16.1 Å². The van der Waals surface area contributed by atoms with Gasteiger partial charge in [-0.25, -0.2) is 0 Å². The van der Waals surface area contributed by atoms with Crippen LogP contribution < -0.4 is 5.32 Å². The van der Waals surface area contributed by atoms with Crippen LogP contribution in [0, 0.1) is 11.3 Å². The van der Waals surface area contributed by atoms with Gasteiger partial charge in [0.15, 0.2) is 0 Å². The van der Waals surface area contributed by atoms with Gasteiger partial charge in [-0.1, -0.05) is 0 Å². The fourth-order valence-corrected chi connectivity index (χ4v) is 1.98. The lowest BCUT2D eigenvalue weighted by molar-refractivity contribution is 0.102. The second-order valence-electron chi connectivity index (χ2n) is 3.87. The smallest absolute Gasteiger partial charge is 0.255 e. The van der Waals surface area contributed by atoms with Gasteiger partial charge in [-0.3, -0.25) is 4.79 Å². The molecule has 0 unspecified atom stereocenters. The minimum absolute atomic E-state index is 0.179. The van der Waals surface area contributed by atoms with Gasteiger partial charge in [0.25, 0.3) is 5.91 Å². The topological polar surface area (TPSA) is 52.9 Å². The van der Waals surface area contributed by atoms with E-state index in [1.165, 1.54) is 0 Å². The van der Waals surface area contributed by atoms with Crippen molar-refractivity contribution in [1.82, 2.24) is 0 Å². The van der Waals surface area contributed by atoms with E-state index in [-0.39, 0.29) is 5.91 Å². The predicted molar refractivity (Wildman–Crippen MR) is 77.3 cm³/mol. The summed E-state index contributed by atoms with van der Waals surface area (Å²) in [6, 6.07) is 16.2. The van der Waals surface area contributed by atoms with Crippen LogP contribution in [-0.2, 0) is 0 Å². The van der Waals surface area contributed by atoms with Gasteiger partial charge in [0.1, 0.15) is 0 Å². The average molecular weight is 268 g/mol. The molecule has 0 aliphatic rings. The summed E-state index contributed by atoms with van der Waals surface area (Å²) in [5, 5.41) is 11.5. The Morgan fingerprint density at radius 3 is 2.26 bits per heavy atom. The summed E-state index contributed by atoms with van der Waals surface area (Å²) >= 11 is 1.65. The summed E-state index contributed by atoms with van der Waals surface area (Å²) in [6.07, 6.45) is 2.00. The Morgan fingerprint density at radius 2 is 1.74 bits per heavy atom. The number of amides is 1. The first kappa shape index (κ1) is 13.2. The van der Waals surface area contributed by atoms with Crippen molar-refractivity contribution in [2.75, 3.05) is 11.6 Å². The van der Waals surface area contributed by atoms with E-state index in [0.29, 0.717) is 11.1 Å². The molecule has 19 heavy (non-hydrogen) atoms. The Labute approximate surface area is 116 Å². The third kappa shape index (κ3) is 3.36. The van der Waals surface area contributed by atoms with Crippen molar-refractivity contribution in [3.8, 4) is 6.07 Å².